The van der Waals surface area contributed by atoms with Crippen LogP contribution in [0.25, 0.3) is 11.2 Å². The summed E-state index contributed by atoms with van der Waals surface area (Å²) in [6.45, 7) is 1.35. The van der Waals surface area contributed by atoms with Gasteiger partial charge >= 0.3 is 5.69 Å². The zero-order valence-electron chi connectivity index (χ0n) is 11.7. The molecule has 8 heteroatoms. The average molecular weight is 318 g/mol. The van der Waals surface area contributed by atoms with Crippen molar-refractivity contribution in [3.8, 4) is 0 Å². The standard InChI is InChI=1S/C14H12ClN5O2/c1-18-11-10(12(21)17-14(18)22)20-7-6-19(13(20)16-11)9-4-2-8(15)3-5-9/h2-5H,6-7H2,1H3,(H,17,21,22). The van der Waals surface area contributed by atoms with Gasteiger partial charge in [-0.05, 0) is 24.3 Å². The number of anilines is 2. The van der Waals surface area contributed by atoms with E-state index in [0.29, 0.717) is 35.2 Å². The van der Waals surface area contributed by atoms with Crippen LogP contribution in [0.15, 0.2) is 33.9 Å². The third-order valence-corrected chi connectivity index (χ3v) is 4.17. The van der Waals surface area contributed by atoms with Crippen LogP contribution >= 0.6 is 11.6 Å². The Labute approximate surface area is 129 Å². The number of nitrogens with zero attached hydrogens (tertiary/aromatic N) is 4. The Balaban J connectivity index is 1.96. The van der Waals surface area contributed by atoms with Crippen molar-refractivity contribution in [3.05, 3.63) is 50.1 Å². The van der Waals surface area contributed by atoms with E-state index in [1.54, 1.807) is 7.05 Å². The molecule has 1 N–H and O–H groups in total. The maximum atomic E-state index is 12.1. The minimum Gasteiger partial charge on any atom is -0.310 e. The van der Waals surface area contributed by atoms with E-state index in [1.807, 2.05) is 33.7 Å². The Kier molecular flexibility index (Phi) is 2.67. The smallest absolute Gasteiger partial charge is 0.310 e. The van der Waals surface area contributed by atoms with Crippen molar-refractivity contribution in [2.24, 2.45) is 7.05 Å². The van der Waals surface area contributed by atoms with Crippen LogP contribution in [-0.4, -0.2) is 25.6 Å². The molecular formula is C14H12ClN5O2. The molecule has 0 aliphatic carbocycles. The van der Waals surface area contributed by atoms with Gasteiger partial charge in [0, 0.05) is 30.8 Å². The first-order chi connectivity index (χ1) is 10.6. The summed E-state index contributed by atoms with van der Waals surface area (Å²) < 4.78 is 3.18. The van der Waals surface area contributed by atoms with Crippen LogP contribution in [-0.2, 0) is 13.6 Å². The van der Waals surface area contributed by atoms with E-state index < -0.39 is 11.2 Å². The number of halogens is 1. The van der Waals surface area contributed by atoms with Crippen molar-refractivity contribution in [1.82, 2.24) is 19.1 Å². The van der Waals surface area contributed by atoms with Gasteiger partial charge in [-0.3, -0.25) is 14.3 Å². The molecule has 0 amide bonds. The Morgan fingerprint density at radius 1 is 1.18 bits per heavy atom. The van der Waals surface area contributed by atoms with Crippen LogP contribution in [0.4, 0.5) is 11.6 Å². The summed E-state index contributed by atoms with van der Waals surface area (Å²) in [5.74, 6) is 0.657. The normalized spacial score (nSPS) is 13.8. The first kappa shape index (κ1) is 13.1. The van der Waals surface area contributed by atoms with E-state index in [-0.39, 0.29) is 0 Å². The van der Waals surface area contributed by atoms with Crippen molar-refractivity contribution in [2.45, 2.75) is 6.54 Å². The number of nitrogens with one attached hydrogen (secondary N) is 1. The Bertz CT molecular complexity index is 999. The molecule has 0 atom stereocenters. The van der Waals surface area contributed by atoms with Crippen LogP contribution < -0.4 is 16.1 Å². The van der Waals surface area contributed by atoms with E-state index in [2.05, 4.69) is 9.97 Å². The molecule has 0 fully saturated rings. The first-order valence-electron chi connectivity index (χ1n) is 6.79. The quantitative estimate of drug-likeness (QED) is 0.732. The summed E-state index contributed by atoms with van der Waals surface area (Å²) in [7, 11) is 1.59. The molecule has 7 nitrogen and oxygen atoms in total. The van der Waals surface area contributed by atoms with Gasteiger partial charge in [0.15, 0.2) is 11.2 Å². The summed E-state index contributed by atoms with van der Waals surface area (Å²) in [6, 6.07) is 7.43. The van der Waals surface area contributed by atoms with Crippen LogP contribution in [0.3, 0.4) is 0 Å². The number of rotatable bonds is 1. The zero-order chi connectivity index (χ0) is 15.4. The second-order valence-corrected chi connectivity index (χ2v) is 5.62. The highest BCUT2D eigenvalue weighted by Crippen LogP contribution is 2.31. The van der Waals surface area contributed by atoms with E-state index in [9.17, 15) is 9.59 Å². The topological polar surface area (TPSA) is 75.9 Å². The lowest BCUT2D eigenvalue weighted by molar-refractivity contribution is 0.797. The van der Waals surface area contributed by atoms with Crippen molar-refractivity contribution < 1.29 is 0 Å². The predicted octanol–water partition coefficient (Wildman–Crippen LogP) is 1.23. The number of fused-ring (bicyclic) bond motifs is 3. The largest absolute Gasteiger partial charge is 0.329 e. The number of hydrogen-bond acceptors (Lipinski definition) is 4. The fraction of sp³-hybridized carbons (Fsp3) is 0.214. The number of imidazole rings is 1. The van der Waals surface area contributed by atoms with Gasteiger partial charge in [-0.1, -0.05) is 11.6 Å². The Morgan fingerprint density at radius 3 is 2.64 bits per heavy atom. The molecule has 0 bridgehead atoms. The predicted molar refractivity (Wildman–Crippen MR) is 84.1 cm³/mol. The van der Waals surface area contributed by atoms with E-state index >= 15 is 0 Å². The third kappa shape index (κ3) is 1.72. The summed E-state index contributed by atoms with van der Waals surface area (Å²) in [6.07, 6.45) is 0. The molecule has 0 radical (unpaired) electrons. The van der Waals surface area contributed by atoms with Crippen LogP contribution in [0.1, 0.15) is 0 Å². The molecule has 0 saturated heterocycles. The van der Waals surface area contributed by atoms with Crippen LogP contribution in [0.2, 0.25) is 5.02 Å². The second kappa shape index (κ2) is 4.48. The molecule has 1 aromatic carbocycles. The summed E-state index contributed by atoms with van der Waals surface area (Å²) >= 11 is 5.92. The molecule has 3 heterocycles. The highest BCUT2D eigenvalue weighted by molar-refractivity contribution is 6.30. The highest BCUT2D eigenvalue weighted by Gasteiger charge is 2.27. The van der Waals surface area contributed by atoms with Crippen molar-refractivity contribution in [1.29, 1.82) is 0 Å². The van der Waals surface area contributed by atoms with Gasteiger partial charge in [0.1, 0.15) is 0 Å². The minimum absolute atomic E-state index is 0.391. The van der Waals surface area contributed by atoms with Gasteiger partial charge in [0.05, 0.1) is 0 Å². The number of aryl methyl sites for hydroxylation is 1. The van der Waals surface area contributed by atoms with Crippen LogP contribution in [0.5, 0.6) is 0 Å². The number of benzene rings is 1. The van der Waals surface area contributed by atoms with Gasteiger partial charge in [-0.15, -0.1) is 0 Å². The van der Waals surface area contributed by atoms with E-state index in [1.165, 1.54) is 4.57 Å². The second-order valence-electron chi connectivity index (χ2n) is 5.18. The first-order valence-corrected chi connectivity index (χ1v) is 7.17. The molecule has 0 unspecified atom stereocenters. The zero-order valence-corrected chi connectivity index (χ0v) is 12.5. The fourth-order valence-corrected chi connectivity index (χ4v) is 2.93. The Morgan fingerprint density at radius 2 is 1.91 bits per heavy atom. The lowest BCUT2D eigenvalue weighted by Gasteiger charge is -2.15. The van der Waals surface area contributed by atoms with Crippen LogP contribution in [0, 0.1) is 0 Å². The summed E-state index contributed by atoms with van der Waals surface area (Å²) in [5.41, 5.74) is 0.887. The summed E-state index contributed by atoms with van der Waals surface area (Å²) in [4.78, 5) is 32.6. The molecule has 112 valence electrons. The number of aromatic nitrogens is 4. The molecular weight excluding hydrogens is 306 g/mol. The molecule has 1 aliphatic rings. The Hall–Kier alpha value is -2.54. The van der Waals surface area contributed by atoms with Gasteiger partial charge < -0.3 is 9.47 Å². The van der Waals surface area contributed by atoms with E-state index in [4.69, 9.17) is 11.6 Å². The van der Waals surface area contributed by atoms with Gasteiger partial charge in [-0.2, -0.15) is 4.98 Å². The van der Waals surface area contributed by atoms with E-state index in [0.717, 1.165) is 5.69 Å². The van der Waals surface area contributed by atoms with Gasteiger partial charge in [0.2, 0.25) is 5.95 Å². The molecule has 0 saturated carbocycles. The maximum Gasteiger partial charge on any atom is 0.329 e. The molecule has 22 heavy (non-hydrogen) atoms. The third-order valence-electron chi connectivity index (χ3n) is 3.91. The molecule has 1 aliphatic heterocycles. The minimum atomic E-state index is -0.465. The van der Waals surface area contributed by atoms with Crippen molar-refractivity contribution in [2.75, 3.05) is 11.4 Å². The van der Waals surface area contributed by atoms with Gasteiger partial charge in [0.25, 0.3) is 5.56 Å². The molecule has 0 spiro atoms. The maximum absolute atomic E-state index is 12.1. The molecule has 4 rings (SSSR count). The lowest BCUT2D eigenvalue weighted by Crippen LogP contribution is -2.29. The number of hydrogen-bond donors (Lipinski definition) is 1. The van der Waals surface area contributed by atoms with Crippen molar-refractivity contribution in [3.63, 3.8) is 0 Å². The molecule has 3 aromatic rings. The van der Waals surface area contributed by atoms with Crippen molar-refractivity contribution >= 4 is 34.4 Å². The lowest BCUT2D eigenvalue weighted by atomic mass is 10.3. The highest BCUT2D eigenvalue weighted by atomic mass is 35.5. The fourth-order valence-electron chi connectivity index (χ4n) is 2.81. The molecule has 2 aromatic heterocycles. The number of aromatic amines is 1. The monoisotopic (exact) mass is 317 g/mol. The van der Waals surface area contributed by atoms with Gasteiger partial charge in [-0.25, -0.2) is 4.79 Å². The number of H-pyrrole nitrogens is 1. The average Bonchev–Trinajstić information content (AvgIpc) is 3.05. The summed E-state index contributed by atoms with van der Waals surface area (Å²) in [5, 5.41) is 0.662. The SMILES string of the molecule is Cn1c(=O)[nH]c(=O)c2c1nc1n2CCN1c1ccc(Cl)cc1.